The van der Waals surface area contributed by atoms with Crippen LogP contribution in [0.5, 0.6) is 0 Å². The van der Waals surface area contributed by atoms with Gasteiger partial charge in [0, 0.05) is 16.0 Å². The van der Waals surface area contributed by atoms with Crippen LogP contribution in [0.15, 0.2) is 181 Å². The summed E-state index contributed by atoms with van der Waals surface area (Å²) in [6.07, 6.45) is 6.73. The van der Waals surface area contributed by atoms with Gasteiger partial charge in [0.1, 0.15) is 5.82 Å². The minimum absolute atomic E-state index is 0.0787. The second-order valence-corrected chi connectivity index (χ2v) is 15.2. The highest BCUT2D eigenvalue weighted by Gasteiger charge is 2.47. The molecular weight excluding hydrogens is 651 g/mol. The summed E-state index contributed by atoms with van der Waals surface area (Å²) in [4.78, 5) is 17.5. The molecule has 0 saturated heterocycles. The monoisotopic (exact) mass is 683 g/mol. The third-order valence-electron chi connectivity index (χ3n) is 10.6. The molecule has 246 valence electrons. The minimum Gasteiger partial charge on any atom is -0.212 e. The molecule has 0 N–H and O–H groups in total. The van der Waals surface area contributed by atoms with E-state index in [1.54, 1.807) is 0 Å². The predicted octanol–water partition coefficient (Wildman–Crippen LogP) is 12.4. The molecule has 10 rings (SSSR count). The first-order valence-electron chi connectivity index (χ1n) is 17.7. The Labute approximate surface area is 307 Å². The molecule has 52 heavy (non-hydrogen) atoms. The maximum Gasteiger partial charge on any atom is 0.164 e. The fourth-order valence-electron chi connectivity index (χ4n) is 8.01. The SMILES string of the molecule is CC12Sc3ccccc3C1=CC=CC2c1nc(-c2ccc(-c3ccccc3)cc2)nc(-c2c(-c3cccc4ccccc34)ccc3ccccc23)n1. The molecule has 2 atom stereocenters. The molecule has 3 nitrogen and oxygen atoms in total. The summed E-state index contributed by atoms with van der Waals surface area (Å²) in [7, 11) is 0. The molecule has 0 fully saturated rings. The van der Waals surface area contributed by atoms with E-state index in [1.165, 1.54) is 32.4 Å². The molecule has 0 radical (unpaired) electrons. The zero-order valence-electron chi connectivity index (χ0n) is 28.6. The van der Waals surface area contributed by atoms with Crippen LogP contribution in [0.25, 0.3) is 72.1 Å². The summed E-state index contributed by atoms with van der Waals surface area (Å²) in [5.41, 5.74) is 9.18. The van der Waals surface area contributed by atoms with Gasteiger partial charge in [-0.25, -0.2) is 15.0 Å². The Bertz CT molecular complexity index is 2730. The highest BCUT2D eigenvalue weighted by atomic mass is 32.2. The fraction of sp³-hybridized carbons (Fsp3) is 0.0625. The van der Waals surface area contributed by atoms with Crippen molar-refractivity contribution in [3.8, 4) is 45.0 Å². The van der Waals surface area contributed by atoms with Crippen LogP contribution in [0.1, 0.15) is 24.2 Å². The summed E-state index contributed by atoms with van der Waals surface area (Å²) >= 11 is 1.91. The Morgan fingerprint density at radius 3 is 1.98 bits per heavy atom. The Morgan fingerprint density at radius 1 is 0.500 bits per heavy atom. The molecule has 1 aromatic heterocycles. The number of hydrogen-bond donors (Lipinski definition) is 0. The normalized spacial score (nSPS) is 17.6. The van der Waals surface area contributed by atoms with Gasteiger partial charge in [0.15, 0.2) is 11.6 Å². The van der Waals surface area contributed by atoms with Gasteiger partial charge >= 0.3 is 0 Å². The predicted molar refractivity (Wildman–Crippen MR) is 217 cm³/mol. The number of aromatic nitrogens is 3. The number of fused-ring (bicyclic) bond motifs is 5. The molecule has 0 bridgehead atoms. The first kappa shape index (κ1) is 30.7. The molecule has 4 heteroatoms. The minimum atomic E-state index is -0.275. The first-order valence-corrected chi connectivity index (χ1v) is 18.6. The van der Waals surface area contributed by atoms with Crippen molar-refractivity contribution in [2.45, 2.75) is 22.5 Å². The van der Waals surface area contributed by atoms with Crippen LogP contribution in [0.3, 0.4) is 0 Å². The fourth-order valence-corrected chi connectivity index (χ4v) is 9.50. The summed E-state index contributed by atoms with van der Waals surface area (Å²) in [5.74, 6) is 2.05. The van der Waals surface area contributed by atoms with Gasteiger partial charge in [-0.1, -0.05) is 170 Å². The molecule has 1 aliphatic carbocycles. The van der Waals surface area contributed by atoms with Crippen LogP contribution < -0.4 is 0 Å². The Kier molecular flexibility index (Phi) is 7.26. The van der Waals surface area contributed by atoms with Gasteiger partial charge in [0.25, 0.3) is 0 Å². The van der Waals surface area contributed by atoms with Crippen molar-refractivity contribution in [3.05, 3.63) is 187 Å². The second-order valence-electron chi connectivity index (χ2n) is 13.7. The van der Waals surface area contributed by atoms with Crippen molar-refractivity contribution in [1.29, 1.82) is 0 Å². The van der Waals surface area contributed by atoms with Crippen molar-refractivity contribution in [2.24, 2.45) is 0 Å². The number of thioether (sulfide) groups is 1. The van der Waals surface area contributed by atoms with Crippen molar-refractivity contribution in [1.82, 2.24) is 15.0 Å². The summed E-state index contributed by atoms with van der Waals surface area (Å²) in [6, 6.07) is 56.0. The van der Waals surface area contributed by atoms with Crippen LogP contribution in [0.2, 0.25) is 0 Å². The lowest BCUT2D eigenvalue weighted by Crippen LogP contribution is -2.30. The van der Waals surface area contributed by atoms with Crippen molar-refractivity contribution in [3.63, 3.8) is 0 Å². The first-order chi connectivity index (χ1) is 25.6. The topological polar surface area (TPSA) is 38.7 Å². The van der Waals surface area contributed by atoms with E-state index >= 15 is 0 Å². The highest BCUT2D eigenvalue weighted by Crippen LogP contribution is 2.60. The molecule has 0 saturated carbocycles. The quantitative estimate of drug-likeness (QED) is 0.181. The average molecular weight is 684 g/mol. The summed E-state index contributed by atoms with van der Waals surface area (Å²) < 4.78 is -0.275. The van der Waals surface area contributed by atoms with Gasteiger partial charge in [-0.2, -0.15) is 0 Å². The van der Waals surface area contributed by atoms with E-state index in [0.29, 0.717) is 11.6 Å². The number of allylic oxidation sites excluding steroid dienone is 3. The largest absolute Gasteiger partial charge is 0.212 e. The van der Waals surface area contributed by atoms with Gasteiger partial charge in [0.2, 0.25) is 0 Å². The zero-order valence-corrected chi connectivity index (χ0v) is 29.4. The molecule has 2 unspecified atom stereocenters. The molecule has 0 spiro atoms. The molecular formula is C48H33N3S. The van der Waals surface area contributed by atoms with Crippen LogP contribution in [0.4, 0.5) is 0 Å². The lowest BCUT2D eigenvalue weighted by Gasteiger charge is -2.34. The van der Waals surface area contributed by atoms with E-state index in [9.17, 15) is 0 Å². The summed E-state index contributed by atoms with van der Waals surface area (Å²) in [5, 5.41) is 4.66. The van der Waals surface area contributed by atoms with Gasteiger partial charge < -0.3 is 0 Å². The van der Waals surface area contributed by atoms with E-state index in [2.05, 4.69) is 177 Å². The van der Waals surface area contributed by atoms with E-state index in [1.807, 2.05) is 17.8 Å². The molecule has 1 aliphatic heterocycles. The molecule has 8 aromatic rings. The molecule has 2 aliphatic rings. The number of nitrogens with zero attached hydrogens (tertiary/aromatic N) is 3. The Morgan fingerprint density at radius 2 is 1.13 bits per heavy atom. The van der Waals surface area contributed by atoms with E-state index in [0.717, 1.165) is 44.4 Å². The van der Waals surface area contributed by atoms with Gasteiger partial charge in [-0.05, 0) is 67.9 Å². The maximum absolute atomic E-state index is 5.49. The number of benzene rings is 7. The smallest absolute Gasteiger partial charge is 0.164 e. The molecule has 2 heterocycles. The number of rotatable bonds is 5. The van der Waals surface area contributed by atoms with Crippen LogP contribution in [-0.2, 0) is 0 Å². The lowest BCUT2D eigenvalue weighted by molar-refractivity contribution is 0.664. The van der Waals surface area contributed by atoms with Gasteiger partial charge in [-0.15, -0.1) is 11.8 Å². The van der Waals surface area contributed by atoms with E-state index in [4.69, 9.17) is 15.0 Å². The van der Waals surface area contributed by atoms with Crippen molar-refractivity contribution < 1.29 is 0 Å². The lowest BCUT2D eigenvalue weighted by atomic mass is 9.79. The summed E-state index contributed by atoms with van der Waals surface area (Å²) in [6.45, 7) is 2.34. The van der Waals surface area contributed by atoms with Crippen molar-refractivity contribution >= 4 is 38.9 Å². The third-order valence-corrected chi connectivity index (χ3v) is 12.1. The Balaban J connectivity index is 1.21. The van der Waals surface area contributed by atoms with Gasteiger partial charge in [0.05, 0.1) is 10.7 Å². The molecule has 7 aromatic carbocycles. The number of hydrogen-bond acceptors (Lipinski definition) is 4. The Hall–Kier alpha value is -6.10. The second kappa shape index (κ2) is 12.3. The average Bonchev–Trinajstić information content (AvgIpc) is 3.52. The highest BCUT2D eigenvalue weighted by molar-refractivity contribution is 8.01. The van der Waals surface area contributed by atoms with E-state index < -0.39 is 0 Å². The van der Waals surface area contributed by atoms with E-state index in [-0.39, 0.29) is 10.7 Å². The van der Waals surface area contributed by atoms with Crippen LogP contribution in [0, 0.1) is 0 Å². The third kappa shape index (κ3) is 5.02. The zero-order chi connectivity index (χ0) is 34.6. The maximum atomic E-state index is 5.49. The van der Waals surface area contributed by atoms with Gasteiger partial charge in [-0.3, -0.25) is 0 Å². The standard InChI is InChI=1S/C48H33N3S/c1-48-41(40-20-9-10-24-43(40)52-48)22-12-23-42(48)46-49-45(35-27-25-32(26-28-35)31-13-3-2-4-14-31)50-47(51-46)44-37-19-8-6-16-34(37)29-30-39(44)38-21-11-17-33-15-5-7-18-36(33)38/h2-30,42H,1H3. The molecule has 0 amide bonds. The van der Waals surface area contributed by atoms with Crippen LogP contribution >= 0.6 is 11.8 Å². The van der Waals surface area contributed by atoms with Crippen LogP contribution in [-0.4, -0.2) is 19.7 Å². The van der Waals surface area contributed by atoms with Crippen molar-refractivity contribution in [2.75, 3.05) is 0 Å².